The van der Waals surface area contributed by atoms with Crippen LogP contribution in [0.15, 0.2) is 18.2 Å². The van der Waals surface area contributed by atoms with Crippen LogP contribution in [0.2, 0.25) is 0 Å². The van der Waals surface area contributed by atoms with Crippen LogP contribution in [-0.4, -0.2) is 29.6 Å². The van der Waals surface area contributed by atoms with Gasteiger partial charge in [-0.3, -0.25) is 4.79 Å². The Hall–Kier alpha value is -2.24. The van der Waals surface area contributed by atoms with Gasteiger partial charge in [-0.15, -0.1) is 0 Å². The molecule has 0 aromatic heterocycles. The lowest BCUT2D eigenvalue weighted by molar-refractivity contribution is -0.127. The van der Waals surface area contributed by atoms with Crippen LogP contribution in [-0.2, 0) is 4.79 Å². The van der Waals surface area contributed by atoms with Crippen molar-refractivity contribution in [3.8, 4) is 5.75 Å². The number of rotatable bonds is 5. The van der Waals surface area contributed by atoms with Gasteiger partial charge in [0.15, 0.2) is 6.10 Å². The molecule has 0 aliphatic carbocycles. The third kappa shape index (κ3) is 3.38. The maximum Gasteiger partial charge on any atom is 0.339 e. The Morgan fingerprint density at radius 3 is 2.72 bits per heavy atom. The molecular formula is C12H16N2O4. The van der Waals surface area contributed by atoms with Crippen molar-refractivity contribution in [2.75, 3.05) is 12.3 Å². The number of likely N-dealkylation sites (N-methyl/N-ethyl adjacent to an activating group) is 1. The van der Waals surface area contributed by atoms with E-state index in [0.717, 1.165) is 0 Å². The fourth-order valence-corrected chi connectivity index (χ4v) is 1.38. The van der Waals surface area contributed by atoms with Crippen LogP contribution >= 0.6 is 0 Å². The minimum Gasteiger partial charge on any atom is -0.480 e. The Labute approximate surface area is 105 Å². The number of nitrogens with two attached hydrogens (primary N) is 1. The number of hydrogen-bond donors (Lipinski definition) is 3. The third-order valence-corrected chi connectivity index (χ3v) is 2.26. The monoisotopic (exact) mass is 252 g/mol. The molecule has 1 aromatic carbocycles. The highest BCUT2D eigenvalue weighted by Gasteiger charge is 2.18. The third-order valence-electron chi connectivity index (χ3n) is 2.26. The second-order valence-corrected chi connectivity index (χ2v) is 3.72. The summed E-state index contributed by atoms with van der Waals surface area (Å²) in [6.07, 6.45) is -0.772. The molecule has 98 valence electrons. The molecular weight excluding hydrogens is 236 g/mol. The maximum absolute atomic E-state index is 11.5. The number of amides is 1. The van der Waals surface area contributed by atoms with Crippen molar-refractivity contribution in [2.24, 2.45) is 0 Å². The van der Waals surface area contributed by atoms with Crippen LogP contribution in [0.1, 0.15) is 24.2 Å². The lowest BCUT2D eigenvalue weighted by Gasteiger charge is -2.15. The number of nitrogens with one attached hydrogen (secondary N) is 1. The Morgan fingerprint density at radius 1 is 1.50 bits per heavy atom. The van der Waals surface area contributed by atoms with Crippen LogP contribution in [0.4, 0.5) is 5.69 Å². The van der Waals surface area contributed by atoms with Gasteiger partial charge in [-0.05, 0) is 32.0 Å². The molecule has 4 N–H and O–H groups in total. The van der Waals surface area contributed by atoms with Gasteiger partial charge >= 0.3 is 5.97 Å². The minimum atomic E-state index is -1.15. The molecule has 0 fully saturated rings. The summed E-state index contributed by atoms with van der Waals surface area (Å²) in [4.78, 5) is 22.5. The molecule has 0 saturated heterocycles. The average Bonchev–Trinajstić information content (AvgIpc) is 2.31. The Bertz CT molecular complexity index is 459. The molecule has 0 heterocycles. The van der Waals surface area contributed by atoms with Gasteiger partial charge < -0.3 is 20.9 Å². The van der Waals surface area contributed by atoms with Crippen molar-refractivity contribution in [1.29, 1.82) is 0 Å². The van der Waals surface area contributed by atoms with Gasteiger partial charge in [0.05, 0.1) is 0 Å². The molecule has 0 spiro atoms. The number of hydrogen-bond acceptors (Lipinski definition) is 4. The molecule has 1 rings (SSSR count). The van der Waals surface area contributed by atoms with E-state index >= 15 is 0 Å². The summed E-state index contributed by atoms with van der Waals surface area (Å²) >= 11 is 0. The first-order valence-corrected chi connectivity index (χ1v) is 5.53. The lowest BCUT2D eigenvalue weighted by atomic mass is 10.2. The van der Waals surface area contributed by atoms with Gasteiger partial charge in [0.25, 0.3) is 5.91 Å². The van der Waals surface area contributed by atoms with Crippen molar-refractivity contribution < 1.29 is 19.4 Å². The number of carbonyl (C=O) groups excluding carboxylic acids is 1. The lowest BCUT2D eigenvalue weighted by Crippen LogP contribution is -2.36. The topological polar surface area (TPSA) is 102 Å². The number of ether oxygens (including phenoxy) is 1. The second kappa shape index (κ2) is 5.90. The first-order chi connectivity index (χ1) is 8.45. The molecule has 6 heteroatoms. The van der Waals surface area contributed by atoms with Crippen LogP contribution in [0.3, 0.4) is 0 Å². The van der Waals surface area contributed by atoms with Gasteiger partial charge in [-0.25, -0.2) is 4.79 Å². The number of carboxylic acids is 1. The fraction of sp³-hybridized carbons (Fsp3) is 0.333. The SMILES string of the molecule is CCNC(=O)C(C)Oc1ccc(N)cc1C(=O)O. The van der Waals surface area contributed by atoms with E-state index in [0.29, 0.717) is 12.2 Å². The average molecular weight is 252 g/mol. The summed E-state index contributed by atoms with van der Waals surface area (Å²) in [6, 6.07) is 4.25. The quantitative estimate of drug-likeness (QED) is 0.675. The van der Waals surface area contributed by atoms with Crippen molar-refractivity contribution in [1.82, 2.24) is 5.32 Å². The molecule has 18 heavy (non-hydrogen) atoms. The predicted molar refractivity (Wildman–Crippen MR) is 66.6 cm³/mol. The largest absolute Gasteiger partial charge is 0.480 e. The molecule has 1 aromatic rings. The first-order valence-electron chi connectivity index (χ1n) is 5.53. The van der Waals surface area contributed by atoms with Crippen molar-refractivity contribution in [3.63, 3.8) is 0 Å². The number of carbonyl (C=O) groups is 2. The minimum absolute atomic E-state index is 0.0638. The first kappa shape index (κ1) is 13.8. The summed E-state index contributed by atoms with van der Waals surface area (Å²) < 4.78 is 5.33. The Kier molecular flexibility index (Phi) is 4.53. The summed E-state index contributed by atoms with van der Waals surface area (Å²) in [5, 5.41) is 11.6. The normalized spacial score (nSPS) is 11.7. The van der Waals surface area contributed by atoms with E-state index in [-0.39, 0.29) is 17.2 Å². The van der Waals surface area contributed by atoms with Crippen LogP contribution < -0.4 is 15.8 Å². The van der Waals surface area contributed by atoms with E-state index in [9.17, 15) is 9.59 Å². The zero-order valence-electron chi connectivity index (χ0n) is 10.3. The van der Waals surface area contributed by atoms with Gasteiger partial charge in [-0.1, -0.05) is 0 Å². The second-order valence-electron chi connectivity index (χ2n) is 3.72. The molecule has 1 amide bonds. The van der Waals surface area contributed by atoms with Crippen LogP contribution in [0.5, 0.6) is 5.75 Å². The van der Waals surface area contributed by atoms with Gasteiger partial charge in [0, 0.05) is 12.2 Å². The smallest absolute Gasteiger partial charge is 0.339 e. The molecule has 0 aliphatic rings. The number of benzene rings is 1. The highest BCUT2D eigenvalue weighted by atomic mass is 16.5. The van der Waals surface area contributed by atoms with Crippen molar-refractivity contribution in [2.45, 2.75) is 20.0 Å². The fourth-order valence-electron chi connectivity index (χ4n) is 1.38. The van der Waals surface area contributed by atoms with Gasteiger partial charge in [-0.2, -0.15) is 0 Å². The molecule has 0 aliphatic heterocycles. The maximum atomic E-state index is 11.5. The van der Waals surface area contributed by atoms with Crippen LogP contribution in [0.25, 0.3) is 0 Å². The van der Waals surface area contributed by atoms with Gasteiger partial charge in [0.2, 0.25) is 0 Å². The Morgan fingerprint density at radius 2 is 2.17 bits per heavy atom. The van der Waals surface area contributed by atoms with Crippen molar-refractivity contribution >= 4 is 17.6 Å². The zero-order valence-corrected chi connectivity index (χ0v) is 10.3. The van der Waals surface area contributed by atoms with Crippen molar-refractivity contribution in [3.05, 3.63) is 23.8 Å². The summed E-state index contributed by atoms with van der Waals surface area (Å²) in [7, 11) is 0. The zero-order chi connectivity index (χ0) is 13.7. The number of nitrogen functional groups attached to an aromatic ring is 1. The molecule has 0 saturated carbocycles. The summed E-state index contributed by atoms with van der Waals surface area (Å²) in [6.45, 7) is 3.82. The highest BCUT2D eigenvalue weighted by molar-refractivity contribution is 5.92. The Balaban J connectivity index is 2.90. The molecule has 0 bridgehead atoms. The van der Waals surface area contributed by atoms with E-state index in [1.54, 1.807) is 13.8 Å². The van der Waals surface area contributed by atoms with E-state index < -0.39 is 12.1 Å². The number of anilines is 1. The van der Waals surface area contributed by atoms with Gasteiger partial charge in [0.1, 0.15) is 11.3 Å². The molecule has 6 nitrogen and oxygen atoms in total. The van der Waals surface area contributed by atoms with E-state index in [1.165, 1.54) is 18.2 Å². The molecule has 1 unspecified atom stereocenters. The highest BCUT2D eigenvalue weighted by Crippen LogP contribution is 2.22. The molecule has 1 atom stereocenters. The van der Waals surface area contributed by atoms with Crippen LogP contribution in [0, 0.1) is 0 Å². The standard InChI is InChI=1S/C12H16N2O4/c1-3-14-11(15)7(2)18-10-5-4-8(13)6-9(10)12(16)17/h4-7H,3,13H2,1-2H3,(H,14,15)(H,16,17). The summed E-state index contributed by atoms with van der Waals surface area (Å²) in [5.41, 5.74) is 5.77. The molecule has 0 radical (unpaired) electrons. The number of aromatic carboxylic acids is 1. The summed E-state index contributed by atoms with van der Waals surface area (Å²) in [5.74, 6) is -1.33. The predicted octanol–water partition coefficient (Wildman–Crippen LogP) is 0.870. The number of carboxylic acid groups (broad SMARTS) is 1. The van der Waals surface area contributed by atoms with E-state index in [2.05, 4.69) is 5.32 Å². The van der Waals surface area contributed by atoms with E-state index in [1.807, 2.05) is 0 Å². The van der Waals surface area contributed by atoms with E-state index in [4.69, 9.17) is 15.6 Å².